The average molecular weight is 373 g/mol. The van der Waals surface area contributed by atoms with Crippen molar-refractivity contribution < 1.29 is 32.2 Å². The normalized spacial score (nSPS) is 12.0. The number of alkyl halides is 3. The Hall–Kier alpha value is -2.55. The van der Waals surface area contributed by atoms with E-state index in [4.69, 9.17) is 14.2 Å². The number of hydrogen-bond acceptors (Lipinski definition) is 6. The first-order chi connectivity index (χ1) is 11.8. The number of thiazole rings is 1. The van der Waals surface area contributed by atoms with E-state index >= 15 is 0 Å². The van der Waals surface area contributed by atoms with Crippen LogP contribution in [0.25, 0.3) is 5.57 Å². The lowest BCUT2D eigenvalue weighted by molar-refractivity contribution is -0.135. The minimum Gasteiger partial charge on any atom is -0.503 e. The van der Waals surface area contributed by atoms with E-state index in [1.165, 1.54) is 26.5 Å². The second kappa shape index (κ2) is 7.56. The van der Waals surface area contributed by atoms with Crippen LogP contribution in [0, 0.1) is 6.92 Å². The molecular weight excluding hydrogens is 359 g/mol. The van der Waals surface area contributed by atoms with Gasteiger partial charge in [-0.3, -0.25) is 0 Å². The second-order valence-corrected chi connectivity index (χ2v) is 5.82. The Morgan fingerprint density at radius 1 is 1.28 bits per heavy atom. The Balaban J connectivity index is 2.34. The third-order valence-electron chi connectivity index (χ3n) is 3.11. The monoisotopic (exact) mass is 373 g/mol. The molecule has 5 nitrogen and oxygen atoms in total. The molecule has 0 aliphatic carbocycles. The molecule has 1 heterocycles. The molecule has 0 aliphatic heterocycles. The number of nitrogens with zero attached hydrogens (tertiary/aromatic N) is 1. The van der Waals surface area contributed by atoms with Crippen molar-refractivity contribution in [3.05, 3.63) is 46.7 Å². The number of benzene rings is 1. The van der Waals surface area contributed by atoms with Gasteiger partial charge in [0.15, 0.2) is 0 Å². The quantitative estimate of drug-likeness (QED) is 0.441. The number of methoxy groups -OCH3 is 2. The highest BCUT2D eigenvalue weighted by atomic mass is 32.1. The molecule has 2 rings (SSSR count). The summed E-state index contributed by atoms with van der Waals surface area (Å²) in [5.74, 6) is -0.384. The maximum atomic E-state index is 12.6. The molecule has 0 fully saturated rings. The van der Waals surface area contributed by atoms with Crippen LogP contribution in [0.2, 0.25) is 0 Å². The zero-order valence-electron chi connectivity index (χ0n) is 13.5. The van der Waals surface area contributed by atoms with E-state index in [2.05, 4.69) is 4.98 Å². The SMILES string of the molecule is CO/C=C(/C(=O)OC)c1cc(Oc2ncc(C(F)(F)F)s2)ccc1C. The maximum absolute atomic E-state index is 12.6. The van der Waals surface area contributed by atoms with Crippen molar-refractivity contribution in [3.63, 3.8) is 0 Å². The molecule has 0 saturated heterocycles. The number of aryl methyl sites for hydroxylation is 1. The van der Waals surface area contributed by atoms with Gasteiger partial charge in [0.2, 0.25) is 0 Å². The molecule has 0 atom stereocenters. The number of esters is 1. The summed E-state index contributed by atoms with van der Waals surface area (Å²) >= 11 is 0.385. The molecule has 2 aromatic rings. The molecule has 0 aliphatic rings. The number of ether oxygens (including phenoxy) is 3. The van der Waals surface area contributed by atoms with E-state index in [0.717, 1.165) is 5.56 Å². The molecule has 0 unspecified atom stereocenters. The summed E-state index contributed by atoms with van der Waals surface area (Å²) in [6.07, 6.45) is -2.54. The van der Waals surface area contributed by atoms with Crippen LogP contribution in [0.1, 0.15) is 16.0 Å². The Kier molecular flexibility index (Phi) is 5.68. The van der Waals surface area contributed by atoms with Gasteiger partial charge in [-0.25, -0.2) is 9.78 Å². The molecule has 0 amide bonds. The number of rotatable bonds is 5. The average Bonchev–Trinajstić information content (AvgIpc) is 3.03. The standard InChI is InChI=1S/C16H14F3NO4S/c1-9-4-5-10(6-11(9)12(8-22-2)14(21)23-3)24-15-20-7-13(25-15)16(17,18)19/h4-8H,1-3H3/b12-8+. The molecule has 134 valence electrons. The van der Waals surface area contributed by atoms with Crippen molar-refractivity contribution in [1.82, 2.24) is 4.98 Å². The van der Waals surface area contributed by atoms with E-state index in [1.54, 1.807) is 19.1 Å². The molecule has 0 N–H and O–H groups in total. The highest BCUT2D eigenvalue weighted by molar-refractivity contribution is 7.13. The van der Waals surface area contributed by atoms with E-state index in [9.17, 15) is 18.0 Å². The topological polar surface area (TPSA) is 57.7 Å². The van der Waals surface area contributed by atoms with Gasteiger partial charge in [-0.15, -0.1) is 0 Å². The van der Waals surface area contributed by atoms with Crippen LogP contribution >= 0.6 is 11.3 Å². The van der Waals surface area contributed by atoms with Crippen molar-refractivity contribution >= 4 is 22.9 Å². The van der Waals surface area contributed by atoms with Crippen molar-refractivity contribution in [1.29, 1.82) is 0 Å². The fraction of sp³-hybridized carbons (Fsp3) is 0.250. The number of aromatic nitrogens is 1. The predicted octanol–water partition coefficient (Wildman–Crippen LogP) is 4.42. The van der Waals surface area contributed by atoms with Gasteiger partial charge in [0.05, 0.1) is 26.7 Å². The van der Waals surface area contributed by atoms with Gasteiger partial charge < -0.3 is 14.2 Å². The number of hydrogen-bond donors (Lipinski definition) is 0. The van der Waals surface area contributed by atoms with Gasteiger partial charge in [0, 0.05) is 0 Å². The van der Waals surface area contributed by atoms with E-state index in [-0.39, 0.29) is 16.5 Å². The molecule has 0 radical (unpaired) electrons. The Bertz CT molecular complexity index is 799. The Morgan fingerprint density at radius 2 is 2.00 bits per heavy atom. The number of carbonyl (C=O) groups excluding carboxylic acids is 1. The predicted molar refractivity (Wildman–Crippen MR) is 85.4 cm³/mol. The molecule has 0 bridgehead atoms. The van der Waals surface area contributed by atoms with Gasteiger partial charge in [-0.05, 0) is 30.2 Å². The summed E-state index contributed by atoms with van der Waals surface area (Å²) in [6, 6.07) is 4.73. The van der Waals surface area contributed by atoms with E-state index in [1.807, 2.05) is 0 Å². The zero-order chi connectivity index (χ0) is 18.6. The third kappa shape index (κ3) is 4.50. The van der Waals surface area contributed by atoms with Crippen molar-refractivity contribution in [2.24, 2.45) is 0 Å². The van der Waals surface area contributed by atoms with Crippen LogP contribution in [0.5, 0.6) is 10.9 Å². The van der Waals surface area contributed by atoms with Gasteiger partial charge in [-0.2, -0.15) is 13.2 Å². The summed E-state index contributed by atoms with van der Waals surface area (Å²) < 4.78 is 52.8. The highest BCUT2D eigenvalue weighted by Crippen LogP contribution is 2.37. The van der Waals surface area contributed by atoms with Crippen molar-refractivity contribution in [2.75, 3.05) is 14.2 Å². The van der Waals surface area contributed by atoms with Gasteiger partial charge in [0.1, 0.15) is 16.2 Å². The summed E-state index contributed by atoms with van der Waals surface area (Å²) in [7, 11) is 2.61. The first-order valence-electron chi connectivity index (χ1n) is 6.89. The van der Waals surface area contributed by atoms with Crippen LogP contribution in [0.15, 0.2) is 30.7 Å². The van der Waals surface area contributed by atoms with Crippen LogP contribution in [-0.4, -0.2) is 25.2 Å². The first kappa shape index (κ1) is 18.8. The lowest BCUT2D eigenvalue weighted by Crippen LogP contribution is -2.06. The lowest BCUT2D eigenvalue weighted by Gasteiger charge is -2.11. The Morgan fingerprint density at radius 3 is 2.56 bits per heavy atom. The molecule has 0 saturated carbocycles. The largest absolute Gasteiger partial charge is 0.503 e. The summed E-state index contributed by atoms with van der Waals surface area (Å²) in [5.41, 5.74) is 1.36. The minimum atomic E-state index is -4.48. The third-order valence-corrected chi connectivity index (χ3v) is 4.03. The minimum absolute atomic E-state index is 0.155. The Labute approximate surface area is 145 Å². The van der Waals surface area contributed by atoms with Crippen LogP contribution < -0.4 is 4.74 Å². The number of carbonyl (C=O) groups is 1. The molecule has 9 heteroatoms. The van der Waals surface area contributed by atoms with Crippen LogP contribution in [0.4, 0.5) is 13.2 Å². The van der Waals surface area contributed by atoms with Crippen molar-refractivity contribution in [2.45, 2.75) is 13.1 Å². The highest BCUT2D eigenvalue weighted by Gasteiger charge is 2.33. The van der Waals surface area contributed by atoms with Crippen molar-refractivity contribution in [3.8, 4) is 10.9 Å². The smallest absolute Gasteiger partial charge is 0.427 e. The fourth-order valence-corrected chi connectivity index (χ4v) is 2.59. The zero-order valence-corrected chi connectivity index (χ0v) is 14.3. The molecular formula is C16H14F3NO4S. The van der Waals surface area contributed by atoms with Gasteiger partial charge in [-0.1, -0.05) is 17.4 Å². The first-order valence-corrected chi connectivity index (χ1v) is 7.71. The number of halogens is 3. The van der Waals surface area contributed by atoms with Gasteiger partial charge >= 0.3 is 12.1 Å². The van der Waals surface area contributed by atoms with Crippen LogP contribution in [-0.2, 0) is 20.4 Å². The van der Waals surface area contributed by atoms with E-state index in [0.29, 0.717) is 23.1 Å². The molecule has 0 spiro atoms. The summed E-state index contributed by atoms with van der Waals surface area (Å²) in [4.78, 5) is 14.6. The summed E-state index contributed by atoms with van der Waals surface area (Å²) in [5, 5.41) is -0.155. The molecule has 1 aromatic heterocycles. The fourth-order valence-electron chi connectivity index (χ4n) is 1.94. The second-order valence-electron chi connectivity index (χ2n) is 4.83. The lowest BCUT2D eigenvalue weighted by atomic mass is 10.0. The summed E-state index contributed by atoms with van der Waals surface area (Å²) in [6.45, 7) is 1.76. The van der Waals surface area contributed by atoms with Gasteiger partial charge in [0.25, 0.3) is 5.19 Å². The van der Waals surface area contributed by atoms with E-state index < -0.39 is 17.0 Å². The van der Waals surface area contributed by atoms with Crippen LogP contribution in [0.3, 0.4) is 0 Å². The molecule has 1 aromatic carbocycles. The maximum Gasteiger partial charge on any atom is 0.427 e. The molecule has 25 heavy (non-hydrogen) atoms.